The lowest BCUT2D eigenvalue weighted by Crippen LogP contribution is -2.50. The second kappa shape index (κ2) is 8.32. The molecule has 0 bridgehead atoms. The van der Waals surface area contributed by atoms with Crippen molar-refractivity contribution in [2.75, 3.05) is 52.4 Å². The fourth-order valence-electron chi connectivity index (χ4n) is 3.66. The summed E-state index contributed by atoms with van der Waals surface area (Å²) in [4.78, 5) is 18.8. The fourth-order valence-corrected chi connectivity index (χ4v) is 3.66. The summed E-state index contributed by atoms with van der Waals surface area (Å²) in [7, 11) is 0. The minimum absolute atomic E-state index is 0.134. The van der Waals surface area contributed by atoms with Gasteiger partial charge in [-0.15, -0.1) is 0 Å². The lowest BCUT2D eigenvalue weighted by atomic mass is 9.92. The van der Waals surface area contributed by atoms with E-state index in [2.05, 4.69) is 29.7 Å². The van der Waals surface area contributed by atoms with Gasteiger partial charge in [-0.25, -0.2) is 0 Å². The predicted molar refractivity (Wildman–Crippen MR) is 90.3 cm³/mol. The summed E-state index contributed by atoms with van der Waals surface area (Å²) in [6.45, 7) is 10.8. The summed E-state index contributed by atoms with van der Waals surface area (Å²) in [6, 6.07) is 2.11. The number of piperidine rings is 1. The van der Waals surface area contributed by atoms with Gasteiger partial charge in [0.25, 0.3) is 5.91 Å². The normalized spacial score (nSPS) is 27.0. The van der Waals surface area contributed by atoms with Crippen molar-refractivity contribution < 1.29 is 4.79 Å². The van der Waals surface area contributed by atoms with Crippen LogP contribution in [-0.2, 0) is 4.79 Å². The van der Waals surface area contributed by atoms with Crippen molar-refractivity contribution in [3.05, 3.63) is 11.8 Å². The molecule has 128 valence electrons. The van der Waals surface area contributed by atoms with E-state index in [0.717, 1.165) is 32.7 Å². The topological polar surface area (TPSA) is 76.6 Å². The number of hydrogen-bond acceptors (Lipinski definition) is 5. The largest absolute Gasteiger partial charge is 0.376 e. The zero-order chi connectivity index (χ0) is 16.8. The first kappa shape index (κ1) is 17.8. The number of hydrogen-bond donors (Lipinski definition) is 1. The van der Waals surface area contributed by atoms with Crippen molar-refractivity contribution >= 4 is 5.91 Å². The molecule has 2 aliphatic rings. The van der Waals surface area contributed by atoms with Gasteiger partial charge in [-0.1, -0.05) is 13.8 Å². The standard InChI is InChI=1S/C17H29N5O/c1-14-9-15(2)12-21(11-14)13-16(10-19)17(23)22-7-5-20(4-3-18)6-8-22/h13-15H,3-9,11-12,18H2,1-2H3/b16-13-. The third kappa shape index (κ3) is 4.95. The minimum Gasteiger partial charge on any atom is -0.376 e. The van der Waals surface area contributed by atoms with E-state index in [4.69, 9.17) is 5.73 Å². The molecule has 2 N–H and O–H groups in total. The number of likely N-dealkylation sites (tertiary alicyclic amines) is 1. The SMILES string of the molecule is CC1CC(C)CN(/C=C(/C#N)C(=O)N2CCN(CCN)CC2)C1. The fraction of sp³-hybridized carbons (Fsp3) is 0.765. The van der Waals surface area contributed by atoms with Crippen molar-refractivity contribution in [2.45, 2.75) is 20.3 Å². The first-order valence-corrected chi connectivity index (χ1v) is 8.61. The number of nitriles is 1. The van der Waals surface area contributed by atoms with Crippen molar-refractivity contribution in [1.29, 1.82) is 5.26 Å². The summed E-state index contributed by atoms with van der Waals surface area (Å²) >= 11 is 0. The van der Waals surface area contributed by atoms with Gasteiger partial charge in [-0.05, 0) is 18.3 Å². The van der Waals surface area contributed by atoms with Gasteiger partial charge >= 0.3 is 0 Å². The number of piperazine rings is 1. The van der Waals surface area contributed by atoms with E-state index in [1.807, 2.05) is 0 Å². The zero-order valence-corrected chi connectivity index (χ0v) is 14.4. The van der Waals surface area contributed by atoms with E-state index in [1.54, 1.807) is 11.1 Å². The highest BCUT2D eigenvalue weighted by Crippen LogP contribution is 2.22. The molecule has 2 unspecified atom stereocenters. The maximum atomic E-state index is 12.6. The van der Waals surface area contributed by atoms with Gasteiger partial charge in [-0.3, -0.25) is 9.69 Å². The molecule has 2 rings (SSSR count). The molecule has 0 radical (unpaired) electrons. The van der Waals surface area contributed by atoms with Crippen LogP contribution in [0.4, 0.5) is 0 Å². The van der Waals surface area contributed by atoms with E-state index in [1.165, 1.54) is 6.42 Å². The molecule has 0 saturated carbocycles. The van der Waals surface area contributed by atoms with Crippen molar-refractivity contribution in [3.8, 4) is 6.07 Å². The monoisotopic (exact) mass is 319 g/mol. The zero-order valence-electron chi connectivity index (χ0n) is 14.4. The Morgan fingerprint density at radius 3 is 2.35 bits per heavy atom. The number of nitrogens with zero attached hydrogens (tertiary/aromatic N) is 4. The van der Waals surface area contributed by atoms with Crippen LogP contribution in [0.5, 0.6) is 0 Å². The smallest absolute Gasteiger partial charge is 0.266 e. The lowest BCUT2D eigenvalue weighted by molar-refractivity contribution is -0.128. The molecule has 0 spiro atoms. The highest BCUT2D eigenvalue weighted by Gasteiger charge is 2.25. The number of rotatable bonds is 4. The van der Waals surface area contributed by atoms with Crippen LogP contribution in [0.2, 0.25) is 0 Å². The van der Waals surface area contributed by atoms with Crippen LogP contribution >= 0.6 is 0 Å². The molecule has 6 nitrogen and oxygen atoms in total. The van der Waals surface area contributed by atoms with Crippen LogP contribution < -0.4 is 5.73 Å². The highest BCUT2D eigenvalue weighted by molar-refractivity contribution is 5.97. The molecule has 0 aromatic heterocycles. The summed E-state index contributed by atoms with van der Waals surface area (Å²) in [5.41, 5.74) is 5.83. The Hall–Kier alpha value is -1.58. The molecule has 0 aliphatic carbocycles. The van der Waals surface area contributed by atoms with Gasteiger partial charge in [0.15, 0.2) is 0 Å². The van der Waals surface area contributed by atoms with Gasteiger partial charge in [0.2, 0.25) is 0 Å². The van der Waals surface area contributed by atoms with Gasteiger partial charge in [-0.2, -0.15) is 5.26 Å². The number of amides is 1. The van der Waals surface area contributed by atoms with E-state index in [0.29, 0.717) is 31.5 Å². The maximum Gasteiger partial charge on any atom is 0.266 e. The summed E-state index contributed by atoms with van der Waals surface area (Å²) in [5.74, 6) is 1.07. The molecule has 0 aromatic rings. The summed E-state index contributed by atoms with van der Waals surface area (Å²) in [5, 5.41) is 9.41. The molecule has 2 saturated heterocycles. The molecule has 2 aliphatic heterocycles. The van der Waals surface area contributed by atoms with Crippen LogP contribution in [-0.4, -0.2) is 73.0 Å². The van der Waals surface area contributed by atoms with Gasteiger partial charge < -0.3 is 15.5 Å². The highest BCUT2D eigenvalue weighted by atomic mass is 16.2. The molecule has 1 amide bonds. The van der Waals surface area contributed by atoms with Gasteiger partial charge in [0.1, 0.15) is 11.6 Å². The molecule has 0 aromatic carbocycles. The first-order valence-electron chi connectivity index (χ1n) is 8.61. The average molecular weight is 319 g/mol. The van der Waals surface area contributed by atoms with Crippen molar-refractivity contribution in [1.82, 2.24) is 14.7 Å². The third-order valence-electron chi connectivity index (χ3n) is 4.66. The van der Waals surface area contributed by atoms with Crippen LogP contribution in [0.25, 0.3) is 0 Å². The Bertz CT molecular complexity index is 466. The number of carbonyl (C=O) groups excluding carboxylic acids is 1. The molecule has 2 atom stereocenters. The predicted octanol–water partition coefficient (Wildman–Crippen LogP) is 0.475. The molecular weight excluding hydrogens is 290 g/mol. The first-order chi connectivity index (χ1) is 11.0. The van der Waals surface area contributed by atoms with Crippen molar-refractivity contribution in [2.24, 2.45) is 17.6 Å². The number of carbonyl (C=O) groups is 1. The van der Waals surface area contributed by atoms with Gasteiger partial charge in [0.05, 0.1) is 0 Å². The third-order valence-corrected chi connectivity index (χ3v) is 4.66. The Labute approximate surface area is 139 Å². The van der Waals surface area contributed by atoms with Crippen molar-refractivity contribution in [3.63, 3.8) is 0 Å². The summed E-state index contributed by atoms with van der Waals surface area (Å²) in [6.07, 6.45) is 2.99. The molecule has 6 heteroatoms. The maximum absolute atomic E-state index is 12.6. The molecule has 23 heavy (non-hydrogen) atoms. The molecular formula is C17H29N5O. The van der Waals surface area contributed by atoms with E-state index in [-0.39, 0.29) is 11.5 Å². The van der Waals surface area contributed by atoms with Crippen LogP contribution in [0.1, 0.15) is 20.3 Å². The second-order valence-electron chi connectivity index (χ2n) is 6.98. The number of nitrogens with two attached hydrogens (primary N) is 1. The molecule has 2 heterocycles. The van der Waals surface area contributed by atoms with E-state index in [9.17, 15) is 10.1 Å². The average Bonchev–Trinajstić information content (AvgIpc) is 2.52. The Morgan fingerprint density at radius 2 is 1.83 bits per heavy atom. The summed E-state index contributed by atoms with van der Waals surface area (Å²) < 4.78 is 0. The van der Waals surface area contributed by atoms with Gasteiger partial charge in [0, 0.05) is 58.6 Å². The Balaban J connectivity index is 1.96. The minimum atomic E-state index is -0.134. The molecule has 2 fully saturated rings. The Kier molecular flexibility index (Phi) is 6.43. The van der Waals surface area contributed by atoms with Crippen LogP contribution in [0.15, 0.2) is 11.8 Å². The Morgan fingerprint density at radius 1 is 1.22 bits per heavy atom. The van der Waals surface area contributed by atoms with Crippen LogP contribution in [0, 0.1) is 23.2 Å². The van der Waals surface area contributed by atoms with E-state index >= 15 is 0 Å². The second-order valence-corrected chi connectivity index (χ2v) is 6.98. The van der Waals surface area contributed by atoms with E-state index < -0.39 is 0 Å². The van der Waals surface area contributed by atoms with Crippen LogP contribution in [0.3, 0.4) is 0 Å². The quantitative estimate of drug-likeness (QED) is 0.602. The lowest BCUT2D eigenvalue weighted by Gasteiger charge is -2.36.